The number of hydrogen-bond acceptors (Lipinski definition) is 3. The van der Waals surface area contributed by atoms with Gasteiger partial charge in [-0.1, -0.05) is 0 Å². The molecule has 0 saturated heterocycles. The lowest BCUT2D eigenvalue weighted by Crippen LogP contribution is -2.49. The molecule has 1 aliphatic heterocycles. The van der Waals surface area contributed by atoms with Gasteiger partial charge in [-0.15, -0.1) is 0 Å². The molecule has 148 valence electrons. The normalized spacial score (nSPS) is 22.4. The van der Waals surface area contributed by atoms with Gasteiger partial charge in [0, 0.05) is 13.0 Å². The second-order valence-corrected chi connectivity index (χ2v) is 7.47. The number of carbonyl (C=O) groups excluding carboxylic acids is 2. The molecule has 2 unspecified atom stereocenters. The Morgan fingerprint density at radius 3 is 2.44 bits per heavy atom. The number of halogens is 3. The molecule has 1 aliphatic carbocycles. The summed E-state index contributed by atoms with van der Waals surface area (Å²) in [5.74, 6) is -0.0625. The van der Waals surface area contributed by atoms with Crippen LogP contribution in [0.25, 0.3) is 0 Å². The van der Waals surface area contributed by atoms with Crippen molar-refractivity contribution >= 4 is 17.7 Å². The number of hydrogen-bond donors (Lipinski definition) is 1. The summed E-state index contributed by atoms with van der Waals surface area (Å²) in [5.41, 5.74) is -0.146. The van der Waals surface area contributed by atoms with Crippen LogP contribution in [0.1, 0.15) is 57.2 Å². The highest BCUT2D eigenvalue weighted by Gasteiger charge is 2.45. The molecule has 0 spiro atoms. The van der Waals surface area contributed by atoms with E-state index in [4.69, 9.17) is 4.74 Å². The van der Waals surface area contributed by atoms with E-state index in [1.807, 2.05) is 0 Å². The van der Waals surface area contributed by atoms with Gasteiger partial charge in [0.25, 0.3) is 0 Å². The Morgan fingerprint density at radius 2 is 1.93 bits per heavy atom. The van der Waals surface area contributed by atoms with E-state index in [0.717, 1.165) is 25.0 Å². The van der Waals surface area contributed by atoms with Crippen molar-refractivity contribution in [2.45, 2.75) is 64.4 Å². The summed E-state index contributed by atoms with van der Waals surface area (Å²) < 4.78 is 44.9. The van der Waals surface area contributed by atoms with Crippen LogP contribution in [-0.4, -0.2) is 24.1 Å². The fraction of sp³-hybridized carbons (Fsp3) is 0.579. The summed E-state index contributed by atoms with van der Waals surface area (Å²) in [6, 6.07) is 2.51. The van der Waals surface area contributed by atoms with Gasteiger partial charge in [0.1, 0.15) is 0 Å². The van der Waals surface area contributed by atoms with Crippen LogP contribution in [0.3, 0.4) is 0 Å². The first kappa shape index (κ1) is 19.5. The van der Waals surface area contributed by atoms with Crippen LogP contribution in [0.4, 0.5) is 23.7 Å². The number of ether oxygens (including phenoxy) is 1. The largest absolute Gasteiger partial charge is 0.446 e. The molecule has 0 radical (unpaired) electrons. The van der Waals surface area contributed by atoms with E-state index >= 15 is 0 Å². The van der Waals surface area contributed by atoms with Crippen molar-refractivity contribution < 1.29 is 27.5 Å². The van der Waals surface area contributed by atoms with Gasteiger partial charge in [-0.3, -0.25) is 9.69 Å². The first-order chi connectivity index (χ1) is 12.6. The zero-order chi connectivity index (χ0) is 19.9. The number of nitrogens with one attached hydrogen (secondary N) is 1. The summed E-state index contributed by atoms with van der Waals surface area (Å²) in [6.45, 7) is 4.78. The molecule has 1 aromatic rings. The fourth-order valence-corrected chi connectivity index (χ4v) is 3.64. The molecule has 2 atom stereocenters. The van der Waals surface area contributed by atoms with Crippen LogP contribution in [-0.2, 0) is 15.7 Å². The molecule has 0 aromatic heterocycles. The van der Waals surface area contributed by atoms with E-state index in [1.165, 1.54) is 17.9 Å². The predicted octanol–water partition coefficient (Wildman–Crippen LogP) is 4.42. The van der Waals surface area contributed by atoms with E-state index in [0.29, 0.717) is 12.1 Å². The minimum atomic E-state index is -4.51. The fourth-order valence-electron chi connectivity index (χ4n) is 3.64. The predicted molar refractivity (Wildman–Crippen MR) is 93.2 cm³/mol. The minimum Gasteiger partial charge on any atom is -0.446 e. The molecule has 0 bridgehead atoms. The van der Waals surface area contributed by atoms with Crippen LogP contribution in [0.5, 0.6) is 0 Å². The Morgan fingerprint density at radius 1 is 1.26 bits per heavy atom. The number of nitrogens with zero attached hydrogens (tertiary/aromatic N) is 1. The molecule has 5 nitrogen and oxygen atoms in total. The number of benzene rings is 1. The smallest absolute Gasteiger partial charge is 0.416 e. The molecule has 27 heavy (non-hydrogen) atoms. The average molecular weight is 384 g/mol. The molecule has 1 N–H and O–H groups in total. The van der Waals surface area contributed by atoms with E-state index in [-0.39, 0.29) is 29.5 Å². The van der Waals surface area contributed by atoms with Gasteiger partial charge < -0.3 is 10.1 Å². The maximum absolute atomic E-state index is 13.2. The van der Waals surface area contributed by atoms with Crippen LogP contribution in [0, 0.1) is 5.92 Å². The number of alkyl halides is 3. The Hall–Kier alpha value is -2.25. The molecular weight excluding hydrogens is 361 g/mol. The highest BCUT2D eigenvalue weighted by Crippen LogP contribution is 2.47. The van der Waals surface area contributed by atoms with E-state index in [9.17, 15) is 22.8 Å². The van der Waals surface area contributed by atoms with Crippen molar-refractivity contribution in [2.75, 3.05) is 4.90 Å². The molecule has 1 aromatic carbocycles. The van der Waals surface area contributed by atoms with Gasteiger partial charge in [0.2, 0.25) is 5.91 Å². The second-order valence-electron chi connectivity index (χ2n) is 7.47. The molecular formula is C19H23F3N2O3. The lowest BCUT2D eigenvalue weighted by Gasteiger charge is -2.41. The Bertz CT molecular complexity index is 744. The van der Waals surface area contributed by atoms with E-state index in [1.54, 1.807) is 13.8 Å². The van der Waals surface area contributed by atoms with E-state index in [2.05, 4.69) is 5.32 Å². The third kappa shape index (κ3) is 4.20. The highest BCUT2D eigenvalue weighted by molar-refractivity contribution is 5.91. The van der Waals surface area contributed by atoms with Crippen LogP contribution in [0.2, 0.25) is 0 Å². The topological polar surface area (TPSA) is 58.6 Å². The molecule has 2 aliphatic rings. The van der Waals surface area contributed by atoms with Crippen LogP contribution >= 0.6 is 0 Å². The van der Waals surface area contributed by atoms with Gasteiger partial charge in [-0.05, 0) is 62.8 Å². The maximum atomic E-state index is 13.2. The van der Waals surface area contributed by atoms with E-state index < -0.39 is 23.9 Å². The van der Waals surface area contributed by atoms with Crippen molar-refractivity contribution in [3.8, 4) is 0 Å². The number of anilines is 1. The monoisotopic (exact) mass is 384 g/mol. The second kappa shape index (κ2) is 7.05. The van der Waals surface area contributed by atoms with Gasteiger partial charge in [-0.25, -0.2) is 4.79 Å². The lowest BCUT2D eigenvalue weighted by molar-refractivity contribution is -0.137. The molecule has 3 rings (SSSR count). The van der Waals surface area contributed by atoms with Crippen molar-refractivity contribution in [1.29, 1.82) is 0 Å². The van der Waals surface area contributed by atoms with Gasteiger partial charge in [0.15, 0.2) is 0 Å². The summed E-state index contributed by atoms with van der Waals surface area (Å²) >= 11 is 0. The maximum Gasteiger partial charge on any atom is 0.416 e. The van der Waals surface area contributed by atoms with Crippen LogP contribution in [0.15, 0.2) is 18.2 Å². The van der Waals surface area contributed by atoms with Gasteiger partial charge in [0.05, 0.1) is 23.4 Å². The van der Waals surface area contributed by atoms with Crippen molar-refractivity contribution in [1.82, 2.24) is 5.32 Å². The third-order valence-corrected chi connectivity index (χ3v) is 4.88. The summed E-state index contributed by atoms with van der Waals surface area (Å²) in [4.78, 5) is 25.8. The molecule has 1 fully saturated rings. The highest BCUT2D eigenvalue weighted by atomic mass is 19.4. The SMILES string of the molecule is CC(=O)NC1CC(C2CC2)N(C(=O)OC(C)C)c2ccc(C(F)(F)F)cc21. The number of fused-ring (bicyclic) bond motifs is 1. The summed E-state index contributed by atoms with van der Waals surface area (Å²) in [7, 11) is 0. The molecule has 2 amide bonds. The number of carbonyl (C=O) groups is 2. The summed E-state index contributed by atoms with van der Waals surface area (Å²) in [6.07, 6.45) is -3.16. The minimum absolute atomic E-state index is 0.211. The van der Waals surface area contributed by atoms with Crippen molar-refractivity contribution in [3.05, 3.63) is 29.3 Å². The first-order valence-electron chi connectivity index (χ1n) is 9.06. The van der Waals surface area contributed by atoms with Gasteiger partial charge >= 0.3 is 12.3 Å². The lowest BCUT2D eigenvalue weighted by atomic mass is 9.87. The van der Waals surface area contributed by atoms with Crippen molar-refractivity contribution in [3.63, 3.8) is 0 Å². The third-order valence-electron chi connectivity index (χ3n) is 4.88. The molecule has 8 heteroatoms. The quantitative estimate of drug-likeness (QED) is 0.840. The standard InChI is InChI=1S/C19H23F3N2O3/c1-10(2)27-18(26)24-16-7-6-13(19(20,21)22)8-14(16)15(23-11(3)25)9-17(24)12-4-5-12/h6-8,10,12,15,17H,4-5,9H2,1-3H3,(H,23,25). The number of amides is 2. The Labute approximate surface area is 155 Å². The van der Waals surface area contributed by atoms with Crippen molar-refractivity contribution in [2.24, 2.45) is 5.92 Å². The number of rotatable bonds is 3. The van der Waals surface area contributed by atoms with Crippen LogP contribution < -0.4 is 10.2 Å². The zero-order valence-corrected chi connectivity index (χ0v) is 15.5. The average Bonchev–Trinajstić information content (AvgIpc) is 3.36. The summed E-state index contributed by atoms with van der Waals surface area (Å²) in [5, 5.41) is 2.74. The zero-order valence-electron chi connectivity index (χ0n) is 15.5. The first-order valence-corrected chi connectivity index (χ1v) is 9.06. The molecule has 1 heterocycles. The van der Waals surface area contributed by atoms with Gasteiger partial charge in [-0.2, -0.15) is 13.2 Å². The Kier molecular flexibility index (Phi) is 5.10. The molecule has 1 saturated carbocycles. The Balaban J connectivity index is 2.08.